The quantitative estimate of drug-likeness (QED) is 0.777. The Kier molecular flexibility index (Phi) is 4.99. The van der Waals surface area contributed by atoms with E-state index in [0.29, 0.717) is 12.0 Å². The lowest BCUT2D eigenvalue weighted by atomic mass is 9.82. The molecular formula is C14H27NO2. The molecule has 3 nitrogen and oxygen atoms in total. The fourth-order valence-electron chi connectivity index (χ4n) is 3.30. The maximum atomic E-state index is 11.5. The minimum atomic E-state index is -0.597. The highest BCUT2D eigenvalue weighted by atomic mass is 16.4. The van der Waals surface area contributed by atoms with Crippen molar-refractivity contribution in [2.24, 2.45) is 11.3 Å². The second-order valence-electron chi connectivity index (χ2n) is 5.78. The van der Waals surface area contributed by atoms with Gasteiger partial charge in [0.25, 0.3) is 0 Å². The molecule has 0 aliphatic carbocycles. The SMILES string of the molecule is CCCC1(C(=O)O)CCN(C(CC)C(C)C)C1. The summed E-state index contributed by atoms with van der Waals surface area (Å²) in [6, 6.07) is 0.535. The van der Waals surface area contributed by atoms with Crippen molar-refractivity contribution in [3.63, 3.8) is 0 Å². The van der Waals surface area contributed by atoms with Gasteiger partial charge >= 0.3 is 5.97 Å². The number of rotatable bonds is 6. The van der Waals surface area contributed by atoms with E-state index in [1.165, 1.54) is 0 Å². The van der Waals surface area contributed by atoms with E-state index in [9.17, 15) is 9.90 Å². The molecule has 1 aliphatic heterocycles. The first-order valence-corrected chi connectivity index (χ1v) is 6.94. The van der Waals surface area contributed by atoms with Crippen molar-refractivity contribution in [3.8, 4) is 0 Å². The monoisotopic (exact) mass is 241 g/mol. The molecular weight excluding hydrogens is 214 g/mol. The summed E-state index contributed by atoms with van der Waals surface area (Å²) in [5.74, 6) is 0.00619. The van der Waals surface area contributed by atoms with Gasteiger partial charge in [-0.15, -0.1) is 0 Å². The Labute approximate surface area is 105 Å². The zero-order valence-corrected chi connectivity index (χ0v) is 11.7. The minimum Gasteiger partial charge on any atom is -0.481 e. The summed E-state index contributed by atoms with van der Waals surface area (Å²) in [7, 11) is 0. The fourth-order valence-corrected chi connectivity index (χ4v) is 3.30. The third kappa shape index (κ3) is 3.01. The summed E-state index contributed by atoms with van der Waals surface area (Å²) in [5.41, 5.74) is -0.475. The molecule has 0 saturated carbocycles. The topological polar surface area (TPSA) is 40.5 Å². The number of carbonyl (C=O) groups is 1. The number of aliphatic carboxylic acids is 1. The molecule has 1 fully saturated rings. The molecule has 1 heterocycles. The van der Waals surface area contributed by atoms with Crippen molar-refractivity contribution >= 4 is 5.97 Å². The van der Waals surface area contributed by atoms with Gasteiger partial charge in [-0.25, -0.2) is 0 Å². The zero-order valence-electron chi connectivity index (χ0n) is 11.7. The van der Waals surface area contributed by atoms with Gasteiger partial charge < -0.3 is 5.11 Å². The van der Waals surface area contributed by atoms with Crippen LogP contribution in [0.1, 0.15) is 53.4 Å². The van der Waals surface area contributed by atoms with Gasteiger partial charge in [-0.05, 0) is 31.7 Å². The first-order valence-electron chi connectivity index (χ1n) is 6.94. The molecule has 2 unspecified atom stereocenters. The molecule has 0 spiro atoms. The highest BCUT2D eigenvalue weighted by Gasteiger charge is 2.45. The van der Waals surface area contributed by atoms with Gasteiger partial charge in [-0.1, -0.05) is 34.1 Å². The Morgan fingerprint density at radius 2 is 2.06 bits per heavy atom. The number of likely N-dealkylation sites (tertiary alicyclic amines) is 1. The lowest BCUT2D eigenvalue weighted by molar-refractivity contribution is -0.148. The number of carboxylic acids is 1. The number of carboxylic acid groups (broad SMARTS) is 1. The van der Waals surface area contributed by atoms with Crippen LogP contribution < -0.4 is 0 Å². The molecule has 1 rings (SSSR count). The Balaban J connectivity index is 2.75. The Morgan fingerprint density at radius 3 is 2.47 bits per heavy atom. The Hall–Kier alpha value is -0.570. The maximum absolute atomic E-state index is 11.5. The predicted molar refractivity (Wildman–Crippen MR) is 70.1 cm³/mol. The molecule has 2 atom stereocenters. The lowest BCUT2D eigenvalue weighted by Crippen LogP contribution is -2.40. The van der Waals surface area contributed by atoms with Crippen LogP contribution >= 0.6 is 0 Å². The average molecular weight is 241 g/mol. The standard InChI is InChI=1S/C14H27NO2/c1-5-7-14(13(16)17)8-9-15(10-14)12(6-2)11(3)4/h11-12H,5-10H2,1-4H3,(H,16,17). The van der Waals surface area contributed by atoms with E-state index in [-0.39, 0.29) is 0 Å². The number of hydrogen-bond donors (Lipinski definition) is 1. The molecule has 0 amide bonds. The van der Waals surface area contributed by atoms with Gasteiger partial charge in [0.1, 0.15) is 0 Å². The van der Waals surface area contributed by atoms with Crippen LogP contribution in [0, 0.1) is 11.3 Å². The summed E-state index contributed by atoms with van der Waals surface area (Å²) in [6.45, 7) is 10.4. The molecule has 17 heavy (non-hydrogen) atoms. The molecule has 3 heteroatoms. The van der Waals surface area contributed by atoms with Crippen molar-refractivity contribution in [3.05, 3.63) is 0 Å². The van der Waals surface area contributed by atoms with Crippen LogP contribution in [0.3, 0.4) is 0 Å². The first kappa shape index (κ1) is 14.5. The molecule has 0 radical (unpaired) electrons. The van der Waals surface area contributed by atoms with Gasteiger partial charge in [0.2, 0.25) is 0 Å². The van der Waals surface area contributed by atoms with E-state index < -0.39 is 11.4 Å². The summed E-state index contributed by atoms with van der Waals surface area (Å²) >= 11 is 0. The zero-order chi connectivity index (χ0) is 13.1. The van der Waals surface area contributed by atoms with Crippen LogP contribution in [-0.2, 0) is 4.79 Å². The van der Waals surface area contributed by atoms with Gasteiger partial charge in [-0.2, -0.15) is 0 Å². The largest absolute Gasteiger partial charge is 0.481 e. The minimum absolute atomic E-state index is 0.475. The second-order valence-corrected chi connectivity index (χ2v) is 5.78. The van der Waals surface area contributed by atoms with Crippen molar-refractivity contribution in [2.45, 2.75) is 59.4 Å². The molecule has 1 saturated heterocycles. The van der Waals surface area contributed by atoms with Gasteiger partial charge in [0, 0.05) is 12.6 Å². The van der Waals surface area contributed by atoms with E-state index in [2.05, 4.69) is 32.6 Å². The molecule has 0 aromatic heterocycles. The van der Waals surface area contributed by atoms with Gasteiger partial charge in [0.05, 0.1) is 5.41 Å². The van der Waals surface area contributed by atoms with Crippen LogP contribution in [0.25, 0.3) is 0 Å². The lowest BCUT2D eigenvalue weighted by Gasteiger charge is -2.32. The van der Waals surface area contributed by atoms with Crippen LogP contribution in [0.2, 0.25) is 0 Å². The molecule has 0 bridgehead atoms. The van der Waals surface area contributed by atoms with Gasteiger partial charge in [0.15, 0.2) is 0 Å². The molecule has 0 aromatic carbocycles. The predicted octanol–water partition coefficient (Wildman–Crippen LogP) is 3.00. The molecule has 100 valence electrons. The molecule has 1 N–H and O–H groups in total. The molecule has 0 aromatic rings. The summed E-state index contributed by atoms with van der Waals surface area (Å²) in [5, 5.41) is 9.48. The van der Waals surface area contributed by atoms with E-state index in [1.807, 2.05) is 0 Å². The third-order valence-electron chi connectivity index (χ3n) is 4.22. The summed E-state index contributed by atoms with van der Waals surface area (Å²) in [6.07, 6.45) is 3.70. The van der Waals surface area contributed by atoms with Crippen LogP contribution in [0.15, 0.2) is 0 Å². The van der Waals surface area contributed by atoms with Crippen LogP contribution in [-0.4, -0.2) is 35.1 Å². The Morgan fingerprint density at radius 1 is 1.41 bits per heavy atom. The summed E-state index contributed by atoms with van der Waals surface area (Å²) < 4.78 is 0. The van der Waals surface area contributed by atoms with E-state index in [4.69, 9.17) is 0 Å². The van der Waals surface area contributed by atoms with Crippen molar-refractivity contribution in [1.82, 2.24) is 4.90 Å². The normalized spacial score (nSPS) is 27.6. The highest BCUT2D eigenvalue weighted by molar-refractivity contribution is 5.75. The molecule has 1 aliphatic rings. The van der Waals surface area contributed by atoms with E-state index in [0.717, 1.165) is 38.8 Å². The van der Waals surface area contributed by atoms with Crippen LogP contribution in [0.4, 0.5) is 0 Å². The fraction of sp³-hybridized carbons (Fsp3) is 0.929. The smallest absolute Gasteiger partial charge is 0.310 e. The van der Waals surface area contributed by atoms with Crippen molar-refractivity contribution in [1.29, 1.82) is 0 Å². The Bertz CT molecular complexity index is 265. The van der Waals surface area contributed by atoms with Gasteiger partial charge in [-0.3, -0.25) is 9.69 Å². The third-order valence-corrected chi connectivity index (χ3v) is 4.22. The van der Waals surface area contributed by atoms with Crippen molar-refractivity contribution < 1.29 is 9.90 Å². The van der Waals surface area contributed by atoms with Crippen molar-refractivity contribution in [2.75, 3.05) is 13.1 Å². The first-order chi connectivity index (χ1) is 7.96. The van der Waals surface area contributed by atoms with E-state index >= 15 is 0 Å². The van der Waals surface area contributed by atoms with Crippen LogP contribution in [0.5, 0.6) is 0 Å². The second kappa shape index (κ2) is 5.85. The maximum Gasteiger partial charge on any atom is 0.310 e. The average Bonchev–Trinajstić information content (AvgIpc) is 2.64. The number of nitrogens with zero attached hydrogens (tertiary/aromatic N) is 1. The highest BCUT2D eigenvalue weighted by Crippen LogP contribution is 2.37. The number of hydrogen-bond acceptors (Lipinski definition) is 2. The summed E-state index contributed by atoms with van der Waals surface area (Å²) in [4.78, 5) is 13.9. The van der Waals surface area contributed by atoms with E-state index in [1.54, 1.807) is 0 Å².